The van der Waals surface area contributed by atoms with E-state index in [1.54, 1.807) is 0 Å². The Labute approximate surface area is 106 Å². The summed E-state index contributed by atoms with van der Waals surface area (Å²) >= 11 is 0. The van der Waals surface area contributed by atoms with Gasteiger partial charge in [0.25, 0.3) is 0 Å². The van der Waals surface area contributed by atoms with Crippen molar-refractivity contribution in [2.75, 3.05) is 6.54 Å². The van der Waals surface area contributed by atoms with Gasteiger partial charge < -0.3 is 10.1 Å². The monoisotopic (exact) mass is 255 g/mol. The number of rotatable bonds is 4. The molecule has 2 rings (SSSR count). The fraction of sp³-hybridized carbons (Fsp3) is 0.571. The number of halogens is 2. The molecule has 1 aliphatic heterocycles. The molecule has 2 nitrogen and oxygen atoms in total. The second-order valence-electron chi connectivity index (χ2n) is 4.94. The Morgan fingerprint density at radius 2 is 2.17 bits per heavy atom. The van der Waals surface area contributed by atoms with E-state index < -0.39 is 11.6 Å². The van der Waals surface area contributed by atoms with E-state index >= 15 is 0 Å². The van der Waals surface area contributed by atoms with Crippen LogP contribution < -0.4 is 5.32 Å². The highest BCUT2D eigenvalue weighted by atomic mass is 19.1. The van der Waals surface area contributed by atoms with E-state index in [4.69, 9.17) is 4.74 Å². The van der Waals surface area contributed by atoms with Crippen molar-refractivity contribution in [2.24, 2.45) is 0 Å². The van der Waals surface area contributed by atoms with Crippen molar-refractivity contribution in [3.63, 3.8) is 0 Å². The number of ether oxygens (including phenoxy) is 1. The van der Waals surface area contributed by atoms with Crippen molar-refractivity contribution in [3.8, 4) is 0 Å². The average molecular weight is 255 g/mol. The molecule has 18 heavy (non-hydrogen) atoms. The number of hydrogen-bond donors (Lipinski definition) is 1. The van der Waals surface area contributed by atoms with Crippen molar-refractivity contribution in [2.45, 2.75) is 44.9 Å². The smallest absolute Gasteiger partial charge is 0.130 e. The lowest BCUT2D eigenvalue weighted by Gasteiger charge is -2.18. The molecule has 0 aromatic heterocycles. The van der Waals surface area contributed by atoms with Gasteiger partial charge >= 0.3 is 0 Å². The largest absolute Gasteiger partial charge is 0.374 e. The minimum absolute atomic E-state index is 0.148. The summed E-state index contributed by atoms with van der Waals surface area (Å²) < 4.78 is 32.0. The molecule has 0 bridgehead atoms. The average Bonchev–Trinajstić information content (AvgIpc) is 2.72. The summed E-state index contributed by atoms with van der Waals surface area (Å²) in [4.78, 5) is 0. The Morgan fingerprint density at radius 3 is 2.78 bits per heavy atom. The van der Waals surface area contributed by atoms with Gasteiger partial charge in [-0.1, -0.05) is 6.07 Å². The van der Waals surface area contributed by atoms with E-state index in [0.717, 1.165) is 18.9 Å². The first-order chi connectivity index (χ1) is 8.56. The molecule has 0 radical (unpaired) electrons. The van der Waals surface area contributed by atoms with Gasteiger partial charge in [-0.3, -0.25) is 0 Å². The van der Waals surface area contributed by atoms with Crippen molar-refractivity contribution in [1.82, 2.24) is 5.32 Å². The molecule has 0 spiro atoms. The van der Waals surface area contributed by atoms with Crippen LogP contribution >= 0.6 is 0 Å². The van der Waals surface area contributed by atoms with Gasteiger partial charge in [0.05, 0.1) is 12.2 Å². The summed E-state index contributed by atoms with van der Waals surface area (Å²) in [5.74, 6) is -1.05. The molecule has 1 aliphatic rings. The molecule has 0 amide bonds. The summed E-state index contributed by atoms with van der Waals surface area (Å²) in [6.07, 6.45) is 2.62. The Hall–Kier alpha value is -1.00. The van der Waals surface area contributed by atoms with Crippen molar-refractivity contribution in [3.05, 3.63) is 35.4 Å². The quantitative estimate of drug-likeness (QED) is 0.892. The van der Waals surface area contributed by atoms with Crippen LogP contribution in [0.4, 0.5) is 8.78 Å². The third-order valence-electron chi connectivity index (χ3n) is 3.40. The van der Waals surface area contributed by atoms with E-state index in [1.807, 2.05) is 6.92 Å². The van der Waals surface area contributed by atoms with Gasteiger partial charge in [-0.15, -0.1) is 0 Å². The standard InChI is InChI=1S/C14H19F2NO/c1-9-3-5-12(18-9)8-17-10(2)13-6-4-11(15)7-14(13)16/h4,6-7,9-10,12,17H,3,5,8H2,1-2H3. The van der Waals surface area contributed by atoms with E-state index in [2.05, 4.69) is 12.2 Å². The maximum Gasteiger partial charge on any atom is 0.130 e. The lowest BCUT2D eigenvalue weighted by atomic mass is 10.1. The van der Waals surface area contributed by atoms with Crippen LogP contribution in [0.1, 0.15) is 38.3 Å². The normalized spacial score (nSPS) is 25.3. The van der Waals surface area contributed by atoms with Crippen LogP contribution in [-0.2, 0) is 4.74 Å². The zero-order valence-electron chi connectivity index (χ0n) is 10.7. The zero-order chi connectivity index (χ0) is 13.1. The van der Waals surface area contributed by atoms with Gasteiger partial charge in [0.2, 0.25) is 0 Å². The van der Waals surface area contributed by atoms with Gasteiger partial charge in [-0.05, 0) is 32.8 Å². The van der Waals surface area contributed by atoms with Crippen LogP contribution in [0.25, 0.3) is 0 Å². The van der Waals surface area contributed by atoms with E-state index in [9.17, 15) is 8.78 Å². The second-order valence-corrected chi connectivity index (χ2v) is 4.94. The van der Waals surface area contributed by atoms with E-state index in [-0.39, 0.29) is 12.1 Å². The van der Waals surface area contributed by atoms with Crippen molar-refractivity contribution in [1.29, 1.82) is 0 Å². The number of hydrogen-bond acceptors (Lipinski definition) is 2. The zero-order valence-corrected chi connectivity index (χ0v) is 10.7. The summed E-state index contributed by atoms with van der Waals surface area (Å²) in [6.45, 7) is 4.63. The molecule has 3 unspecified atom stereocenters. The highest BCUT2D eigenvalue weighted by Gasteiger charge is 2.22. The first kappa shape index (κ1) is 13.4. The van der Waals surface area contributed by atoms with Crippen LogP contribution in [0.5, 0.6) is 0 Å². The molecule has 0 saturated carbocycles. The third kappa shape index (κ3) is 3.27. The maximum atomic E-state index is 13.6. The summed E-state index contributed by atoms with van der Waals surface area (Å²) in [7, 11) is 0. The summed E-state index contributed by atoms with van der Waals surface area (Å²) in [6, 6.07) is 3.54. The SMILES string of the molecule is CC1CCC(CNC(C)c2ccc(F)cc2F)O1. The van der Waals surface area contributed by atoms with E-state index in [1.165, 1.54) is 12.1 Å². The maximum absolute atomic E-state index is 13.6. The Morgan fingerprint density at radius 1 is 1.39 bits per heavy atom. The highest BCUT2D eigenvalue weighted by molar-refractivity contribution is 5.21. The molecule has 1 aromatic carbocycles. The lowest BCUT2D eigenvalue weighted by Crippen LogP contribution is -2.29. The molecule has 100 valence electrons. The van der Waals surface area contributed by atoms with Gasteiger partial charge in [-0.25, -0.2) is 8.78 Å². The fourth-order valence-electron chi connectivity index (χ4n) is 2.31. The first-order valence-corrected chi connectivity index (χ1v) is 6.40. The molecule has 1 fully saturated rings. The molecule has 1 N–H and O–H groups in total. The van der Waals surface area contributed by atoms with Crippen molar-refractivity contribution < 1.29 is 13.5 Å². The van der Waals surface area contributed by atoms with Crippen LogP contribution in [0.3, 0.4) is 0 Å². The molecular formula is C14H19F2NO. The van der Waals surface area contributed by atoms with Gasteiger partial charge in [0.1, 0.15) is 11.6 Å². The van der Waals surface area contributed by atoms with Gasteiger partial charge in [0, 0.05) is 24.2 Å². The number of benzene rings is 1. The Kier molecular flexibility index (Phi) is 4.30. The topological polar surface area (TPSA) is 21.3 Å². The molecule has 1 aromatic rings. The van der Waals surface area contributed by atoms with E-state index in [0.29, 0.717) is 18.2 Å². The van der Waals surface area contributed by atoms with Crippen molar-refractivity contribution >= 4 is 0 Å². The summed E-state index contributed by atoms with van der Waals surface area (Å²) in [5.41, 5.74) is 0.488. The Bertz CT molecular complexity index is 411. The first-order valence-electron chi connectivity index (χ1n) is 6.40. The third-order valence-corrected chi connectivity index (χ3v) is 3.40. The van der Waals surface area contributed by atoms with Crippen LogP contribution in [0.2, 0.25) is 0 Å². The number of nitrogens with one attached hydrogen (secondary N) is 1. The molecule has 1 heterocycles. The Balaban J connectivity index is 1.89. The molecule has 1 saturated heterocycles. The molecule has 3 atom stereocenters. The predicted molar refractivity (Wildman–Crippen MR) is 66.3 cm³/mol. The van der Waals surface area contributed by atoms with Crippen LogP contribution in [0.15, 0.2) is 18.2 Å². The second kappa shape index (κ2) is 5.76. The van der Waals surface area contributed by atoms with Crippen LogP contribution in [0, 0.1) is 11.6 Å². The predicted octanol–water partition coefficient (Wildman–Crippen LogP) is 3.18. The minimum atomic E-state index is -0.545. The van der Waals surface area contributed by atoms with Gasteiger partial charge in [-0.2, -0.15) is 0 Å². The lowest BCUT2D eigenvalue weighted by molar-refractivity contribution is 0.0546. The minimum Gasteiger partial charge on any atom is -0.374 e. The summed E-state index contributed by atoms with van der Waals surface area (Å²) in [5, 5.41) is 3.23. The highest BCUT2D eigenvalue weighted by Crippen LogP contribution is 2.21. The molecular weight excluding hydrogens is 236 g/mol. The van der Waals surface area contributed by atoms with Gasteiger partial charge in [0.15, 0.2) is 0 Å². The molecule has 4 heteroatoms. The van der Waals surface area contributed by atoms with Crippen LogP contribution in [-0.4, -0.2) is 18.8 Å². The fourth-order valence-corrected chi connectivity index (χ4v) is 2.31. The molecule has 0 aliphatic carbocycles.